The predicted octanol–water partition coefficient (Wildman–Crippen LogP) is 4.06. The maximum atomic E-state index is 13.3. The number of piperidine rings is 1. The van der Waals surface area contributed by atoms with Gasteiger partial charge in [-0.15, -0.1) is 0 Å². The second-order valence-corrected chi connectivity index (χ2v) is 7.64. The van der Waals surface area contributed by atoms with Crippen LogP contribution in [0.1, 0.15) is 32.1 Å². The summed E-state index contributed by atoms with van der Waals surface area (Å²) in [6.45, 7) is 2.06. The first-order valence-corrected chi connectivity index (χ1v) is 9.08. The van der Waals surface area contributed by atoms with Crippen LogP contribution in [0.4, 0.5) is 13.2 Å². The molecule has 2 fully saturated rings. The van der Waals surface area contributed by atoms with Crippen LogP contribution >= 0.6 is 15.9 Å². The van der Waals surface area contributed by atoms with E-state index in [9.17, 15) is 13.2 Å². The average Bonchev–Trinajstić information content (AvgIpc) is 2.49. The third-order valence-corrected chi connectivity index (χ3v) is 5.63. The minimum atomic E-state index is -4.08. The number of hydrogen-bond acceptors (Lipinski definition) is 4. The van der Waals surface area contributed by atoms with Crippen molar-refractivity contribution in [2.75, 3.05) is 26.2 Å². The molecule has 2 aliphatic rings. The Hall–Kier alpha value is -0.890. The van der Waals surface area contributed by atoms with Crippen LogP contribution in [0.5, 0.6) is 6.01 Å². The molecule has 0 radical (unpaired) electrons. The first kappa shape index (κ1) is 17.9. The fraction of sp³-hybridized carbons (Fsp3) is 0.750. The smallest absolute Gasteiger partial charge is 0.395 e. The van der Waals surface area contributed by atoms with Crippen molar-refractivity contribution in [1.29, 1.82) is 0 Å². The highest BCUT2D eigenvalue weighted by Gasteiger charge is 2.58. The van der Waals surface area contributed by atoms with Gasteiger partial charge in [-0.2, -0.15) is 18.2 Å². The van der Waals surface area contributed by atoms with Gasteiger partial charge in [-0.25, -0.2) is 4.98 Å². The van der Waals surface area contributed by atoms with Crippen molar-refractivity contribution < 1.29 is 17.9 Å². The lowest BCUT2D eigenvalue weighted by Crippen LogP contribution is -2.53. The van der Waals surface area contributed by atoms with Gasteiger partial charge in [0.1, 0.15) is 4.60 Å². The lowest BCUT2D eigenvalue weighted by Gasteiger charge is -2.47. The predicted molar refractivity (Wildman–Crippen MR) is 86.7 cm³/mol. The minimum Gasteiger partial charge on any atom is -0.463 e. The molecule has 2 heterocycles. The summed E-state index contributed by atoms with van der Waals surface area (Å²) in [7, 11) is 0. The van der Waals surface area contributed by atoms with Crippen LogP contribution in [0, 0.1) is 11.3 Å². The van der Waals surface area contributed by atoms with Gasteiger partial charge in [-0.3, -0.25) is 0 Å². The van der Waals surface area contributed by atoms with E-state index in [0.29, 0.717) is 42.6 Å². The van der Waals surface area contributed by atoms with Crippen LogP contribution in [-0.4, -0.2) is 47.3 Å². The number of alkyl halides is 3. The van der Waals surface area contributed by atoms with Crippen molar-refractivity contribution in [2.24, 2.45) is 11.3 Å². The first-order valence-electron chi connectivity index (χ1n) is 8.28. The second-order valence-electron chi connectivity index (χ2n) is 6.82. The molecule has 0 spiro atoms. The Bertz CT molecular complexity index is 558. The van der Waals surface area contributed by atoms with Crippen LogP contribution < -0.4 is 4.74 Å². The molecule has 1 aliphatic heterocycles. The Balaban J connectivity index is 1.44. The molecule has 1 aromatic heterocycles. The fourth-order valence-electron chi connectivity index (χ4n) is 3.46. The summed E-state index contributed by atoms with van der Waals surface area (Å²) in [5.41, 5.74) is -1.46. The second kappa shape index (κ2) is 7.15. The number of aromatic nitrogens is 2. The molecular weight excluding hydrogens is 387 g/mol. The van der Waals surface area contributed by atoms with Gasteiger partial charge in [0.25, 0.3) is 0 Å². The van der Waals surface area contributed by atoms with E-state index >= 15 is 0 Å². The summed E-state index contributed by atoms with van der Waals surface area (Å²) in [5, 5.41) is 0. The minimum absolute atomic E-state index is 0.152. The largest absolute Gasteiger partial charge is 0.463 e. The molecule has 0 N–H and O–H groups in total. The molecule has 1 saturated carbocycles. The summed E-state index contributed by atoms with van der Waals surface area (Å²) in [4.78, 5) is 10.1. The third-order valence-electron chi connectivity index (χ3n) is 5.19. The molecular formula is C16H21BrF3N3O. The highest BCUT2D eigenvalue weighted by Crippen LogP contribution is 2.53. The van der Waals surface area contributed by atoms with Gasteiger partial charge < -0.3 is 9.64 Å². The molecule has 24 heavy (non-hydrogen) atoms. The molecule has 1 aliphatic carbocycles. The molecule has 0 amide bonds. The fourth-order valence-corrected chi connectivity index (χ4v) is 3.73. The van der Waals surface area contributed by atoms with Crippen molar-refractivity contribution in [3.05, 3.63) is 16.9 Å². The van der Waals surface area contributed by atoms with Crippen molar-refractivity contribution in [1.82, 2.24) is 14.9 Å². The number of rotatable bonds is 5. The molecule has 134 valence electrons. The molecule has 1 saturated heterocycles. The van der Waals surface area contributed by atoms with E-state index < -0.39 is 11.6 Å². The van der Waals surface area contributed by atoms with Crippen LogP contribution in [-0.2, 0) is 0 Å². The van der Waals surface area contributed by atoms with E-state index in [4.69, 9.17) is 4.74 Å². The van der Waals surface area contributed by atoms with Gasteiger partial charge in [0.15, 0.2) is 0 Å². The Kier molecular flexibility index (Phi) is 5.34. The lowest BCUT2D eigenvalue weighted by atomic mass is 9.67. The molecule has 0 bridgehead atoms. The van der Waals surface area contributed by atoms with Gasteiger partial charge in [0, 0.05) is 12.7 Å². The SMILES string of the molecule is FC(F)(F)C1(CN2CCC(COc3nccc(Br)n3)CC2)CCC1. The molecule has 8 heteroatoms. The van der Waals surface area contributed by atoms with Crippen molar-refractivity contribution >= 4 is 15.9 Å². The van der Waals surface area contributed by atoms with E-state index in [1.807, 2.05) is 4.90 Å². The standard InChI is InChI=1S/C16H21BrF3N3O/c17-13-2-7-21-14(22-13)24-10-12-3-8-23(9-4-12)11-15(5-1-6-15)16(18,19)20/h2,7,12H,1,3-6,8-11H2. The summed E-state index contributed by atoms with van der Waals surface area (Å²) in [5.74, 6) is 0.340. The quantitative estimate of drug-likeness (QED) is 0.689. The zero-order valence-electron chi connectivity index (χ0n) is 13.4. The third kappa shape index (κ3) is 4.02. The van der Waals surface area contributed by atoms with Gasteiger partial charge in [-0.05, 0) is 66.7 Å². The van der Waals surface area contributed by atoms with Gasteiger partial charge in [-0.1, -0.05) is 6.42 Å². The van der Waals surface area contributed by atoms with E-state index in [-0.39, 0.29) is 19.4 Å². The number of likely N-dealkylation sites (tertiary alicyclic amines) is 1. The summed E-state index contributed by atoms with van der Waals surface area (Å²) < 4.78 is 46.1. The van der Waals surface area contributed by atoms with Crippen LogP contribution in [0.3, 0.4) is 0 Å². The molecule has 3 rings (SSSR count). The van der Waals surface area contributed by atoms with Gasteiger partial charge in [0.05, 0.1) is 12.0 Å². The van der Waals surface area contributed by atoms with Gasteiger partial charge in [0.2, 0.25) is 0 Å². The van der Waals surface area contributed by atoms with Crippen LogP contribution in [0.25, 0.3) is 0 Å². The van der Waals surface area contributed by atoms with E-state index in [2.05, 4.69) is 25.9 Å². The zero-order chi connectivity index (χ0) is 17.2. The number of ether oxygens (including phenoxy) is 1. The van der Waals surface area contributed by atoms with E-state index in [1.54, 1.807) is 12.3 Å². The van der Waals surface area contributed by atoms with Crippen molar-refractivity contribution in [2.45, 2.75) is 38.3 Å². The van der Waals surface area contributed by atoms with E-state index in [1.165, 1.54) is 0 Å². The Labute approximate surface area is 147 Å². The Morgan fingerprint density at radius 1 is 1.29 bits per heavy atom. The number of halogens is 4. The van der Waals surface area contributed by atoms with Crippen LogP contribution in [0.15, 0.2) is 16.9 Å². The van der Waals surface area contributed by atoms with Crippen molar-refractivity contribution in [3.63, 3.8) is 0 Å². The Morgan fingerprint density at radius 2 is 2.00 bits per heavy atom. The molecule has 0 aromatic carbocycles. The maximum absolute atomic E-state index is 13.3. The van der Waals surface area contributed by atoms with Crippen LogP contribution in [0.2, 0.25) is 0 Å². The summed E-state index contributed by atoms with van der Waals surface area (Å²) in [6, 6.07) is 2.06. The Morgan fingerprint density at radius 3 is 2.54 bits per heavy atom. The number of hydrogen-bond donors (Lipinski definition) is 0. The van der Waals surface area contributed by atoms with Crippen molar-refractivity contribution in [3.8, 4) is 6.01 Å². The molecule has 0 atom stereocenters. The topological polar surface area (TPSA) is 38.2 Å². The summed E-state index contributed by atoms with van der Waals surface area (Å²) >= 11 is 3.26. The normalized spacial score (nSPS) is 22.2. The molecule has 1 aromatic rings. The lowest BCUT2D eigenvalue weighted by molar-refractivity contribution is -0.256. The van der Waals surface area contributed by atoms with Gasteiger partial charge >= 0.3 is 12.2 Å². The highest BCUT2D eigenvalue weighted by molar-refractivity contribution is 9.10. The zero-order valence-corrected chi connectivity index (χ0v) is 14.9. The molecule has 4 nitrogen and oxygen atoms in total. The number of nitrogens with zero attached hydrogens (tertiary/aromatic N) is 3. The molecule has 0 unspecified atom stereocenters. The average molecular weight is 408 g/mol. The van der Waals surface area contributed by atoms with E-state index in [0.717, 1.165) is 12.8 Å². The highest BCUT2D eigenvalue weighted by atomic mass is 79.9. The summed E-state index contributed by atoms with van der Waals surface area (Å²) in [6.07, 6.45) is 0.479. The first-order chi connectivity index (χ1) is 11.4. The maximum Gasteiger partial charge on any atom is 0.395 e. The monoisotopic (exact) mass is 407 g/mol.